The van der Waals surface area contributed by atoms with Crippen LogP contribution in [0.3, 0.4) is 0 Å². The first-order chi connectivity index (χ1) is 12.3. The second-order valence-electron chi connectivity index (χ2n) is 6.29. The quantitative estimate of drug-likeness (QED) is 0.679. The van der Waals surface area contributed by atoms with E-state index in [1.54, 1.807) is 28.5 Å². The normalized spacial score (nSPS) is 18.0. The number of likely N-dealkylation sites (tertiary alicyclic amines) is 1. The van der Waals surface area contributed by atoms with E-state index in [-0.39, 0.29) is 23.2 Å². The summed E-state index contributed by atoms with van der Waals surface area (Å²) in [4.78, 5) is 18.2. The Labute approximate surface area is 151 Å². The number of carbonyl (C=O) groups is 1. The van der Waals surface area contributed by atoms with Crippen LogP contribution < -0.4 is 0 Å². The number of fused-ring (bicyclic) bond motifs is 1. The highest BCUT2D eigenvalue weighted by molar-refractivity contribution is 7.13. The van der Waals surface area contributed by atoms with Crippen LogP contribution in [0, 0.1) is 0 Å². The van der Waals surface area contributed by atoms with E-state index >= 15 is 0 Å². The van der Waals surface area contributed by atoms with E-state index in [0.29, 0.717) is 30.1 Å². The summed E-state index contributed by atoms with van der Waals surface area (Å²) in [5, 5.41) is 5.97. The zero-order valence-corrected chi connectivity index (χ0v) is 14.6. The Hall–Kier alpha value is -2.42. The summed E-state index contributed by atoms with van der Waals surface area (Å²) in [6, 6.07) is 6.14. The van der Waals surface area contributed by atoms with E-state index in [1.807, 2.05) is 0 Å². The second-order valence-corrected chi connectivity index (χ2v) is 7.24. The highest BCUT2D eigenvalue weighted by atomic mass is 32.1. The van der Waals surface area contributed by atoms with Gasteiger partial charge in [-0.25, -0.2) is 9.50 Å². The molecule has 0 saturated carbocycles. The molecule has 3 aromatic rings. The van der Waals surface area contributed by atoms with Gasteiger partial charge in [0.1, 0.15) is 0 Å². The molecule has 136 valence electrons. The lowest BCUT2D eigenvalue weighted by Gasteiger charge is -2.12. The first kappa shape index (κ1) is 17.0. The lowest BCUT2D eigenvalue weighted by molar-refractivity contribution is -0.142. The van der Waals surface area contributed by atoms with Crippen LogP contribution in [0.1, 0.15) is 30.7 Å². The second kappa shape index (κ2) is 6.08. The van der Waals surface area contributed by atoms with Crippen molar-refractivity contribution in [3.63, 3.8) is 0 Å². The highest BCUT2D eigenvalue weighted by Crippen LogP contribution is 2.35. The van der Waals surface area contributed by atoms with Gasteiger partial charge in [-0.3, -0.25) is 4.79 Å². The van der Waals surface area contributed by atoms with Crippen LogP contribution in [0.15, 0.2) is 29.6 Å². The maximum Gasteiger partial charge on any atom is 0.433 e. The average molecular weight is 380 g/mol. The number of nitrogens with zero attached hydrogens (tertiary/aromatic N) is 4. The summed E-state index contributed by atoms with van der Waals surface area (Å²) >= 11 is 1.34. The number of rotatable bonds is 2. The van der Waals surface area contributed by atoms with Gasteiger partial charge >= 0.3 is 6.18 Å². The lowest BCUT2D eigenvalue weighted by atomic mass is 10.1. The van der Waals surface area contributed by atoms with Crippen molar-refractivity contribution in [2.24, 2.45) is 0 Å². The summed E-state index contributed by atoms with van der Waals surface area (Å²) in [5.74, 6) is -0.114. The molecule has 3 aromatic heterocycles. The largest absolute Gasteiger partial charge is 0.433 e. The molecule has 0 bridgehead atoms. The molecular weight excluding hydrogens is 365 g/mol. The Kier molecular flexibility index (Phi) is 3.98. The summed E-state index contributed by atoms with van der Waals surface area (Å²) in [6.45, 7) is 2.55. The predicted octanol–water partition coefficient (Wildman–Crippen LogP) is 3.81. The summed E-state index contributed by atoms with van der Waals surface area (Å²) in [5.41, 5.74) is 0.135. The van der Waals surface area contributed by atoms with Crippen LogP contribution in [0.4, 0.5) is 13.2 Å². The van der Waals surface area contributed by atoms with E-state index in [9.17, 15) is 18.0 Å². The molecule has 26 heavy (non-hydrogen) atoms. The standard InChI is InChI=1S/C17H15F3N4OS/c1-10(25)23-5-4-11(9-23)12-8-16-21-13(14-3-2-6-26-14)7-15(17(18,19)20)24(16)22-12/h2-3,6-8,11H,4-5,9H2,1H3/t11-/m1/s1. The van der Waals surface area contributed by atoms with E-state index in [0.717, 1.165) is 10.6 Å². The van der Waals surface area contributed by atoms with Crippen LogP contribution in [0.2, 0.25) is 0 Å². The molecule has 1 fully saturated rings. The molecule has 1 aliphatic rings. The summed E-state index contributed by atoms with van der Waals surface area (Å²) in [7, 11) is 0. The molecule has 0 N–H and O–H groups in total. The molecule has 4 heterocycles. The maximum atomic E-state index is 13.6. The number of thiophene rings is 1. The van der Waals surface area contributed by atoms with Gasteiger partial charge in [0.05, 0.1) is 16.3 Å². The predicted molar refractivity (Wildman–Crippen MR) is 90.9 cm³/mol. The first-order valence-corrected chi connectivity index (χ1v) is 8.98. The first-order valence-electron chi connectivity index (χ1n) is 8.10. The fourth-order valence-corrected chi connectivity index (χ4v) is 3.92. The van der Waals surface area contributed by atoms with Crippen molar-refractivity contribution in [1.29, 1.82) is 0 Å². The van der Waals surface area contributed by atoms with Gasteiger partial charge in [0.2, 0.25) is 5.91 Å². The number of alkyl halides is 3. The third kappa shape index (κ3) is 2.96. The van der Waals surface area contributed by atoms with Crippen molar-refractivity contribution in [2.45, 2.75) is 25.4 Å². The molecular formula is C17H15F3N4OS. The molecule has 4 rings (SSSR count). The molecule has 9 heteroatoms. The fraction of sp³-hybridized carbons (Fsp3) is 0.353. The van der Waals surface area contributed by atoms with Crippen LogP contribution in [-0.4, -0.2) is 38.5 Å². The number of halogens is 3. The third-order valence-electron chi connectivity index (χ3n) is 4.56. The summed E-state index contributed by atoms with van der Waals surface area (Å²) in [6.07, 6.45) is -3.86. The Balaban J connectivity index is 1.80. The highest BCUT2D eigenvalue weighted by Gasteiger charge is 2.36. The third-order valence-corrected chi connectivity index (χ3v) is 5.45. The number of carbonyl (C=O) groups excluding carboxylic acids is 1. The minimum atomic E-state index is -4.54. The molecule has 0 spiro atoms. The van der Waals surface area contributed by atoms with Gasteiger partial charge in [-0.1, -0.05) is 6.07 Å². The molecule has 1 aliphatic heterocycles. The SMILES string of the molecule is CC(=O)N1CC[C@@H](c2cc3nc(-c4cccs4)cc(C(F)(F)F)n3n2)C1. The number of amides is 1. The van der Waals surface area contributed by atoms with Gasteiger partial charge in [-0.2, -0.15) is 18.3 Å². The Bertz CT molecular complexity index is 964. The minimum absolute atomic E-state index is 0.0367. The molecule has 1 atom stereocenters. The lowest BCUT2D eigenvalue weighted by Crippen LogP contribution is -2.25. The van der Waals surface area contributed by atoms with E-state index in [2.05, 4.69) is 10.1 Å². The van der Waals surface area contributed by atoms with Crippen molar-refractivity contribution in [2.75, 3.05) is 13.1 Å². The van der Waals surface area contributed by atoms with Gasteiger partial charge in [0.15, 0.2) is 11.3 Å². The minimum Gasteiger partial charge on any atom is -0.342 e. The maximum absolute atomic E-state index is 13.6. The average Bonchev–Trinajstić information content (AvgIpc) is 3.30. The van der Waals surface area contributed by atoms with Crippen molar-refractivity contribution >= 4 is 22.9 Å². The van der Waals surface area contributed by atoms with Gasteiger partial charge in [0.25, 0.3) is 0 Å². The van der Waals surface area contributed by atoms with Crippen LogP contribution in [-0.2, 0) is 11.0 Å². The van der Waals surface area contributed by atoms with Crippen LogP contribution in [0.25, 0.3) is 16.2 Å². The molecule has 0 unspecified atom stereocenters. The summed E-state index contributed by atoms with van der Waals surface area (Å²) < 4.78 is 41.5. The van der Waals surface area contributed by atoms with Crippen LogP contribution >= 0.6 is 11.3 Å². The molecule has 0 aliphatic carbocycles. The van der Waals surface area contributed by atoms with E-state index < -0.39 is 11.9 Å². The monoisotopic (exact) mass is 380 g/mol. The van der Waals surface area contributed by atoms with E-state index in [1.165, 1.54) is 18.3 Å². The fourth-order valence-electron chi connectivity index (χ4n) is 3.23. The van der Waals surface area contributed by atoms with Crippen molar-refractivity contribution < 1.29 is 18.0 Å². The number of aromatic nitrogens is 3. The van der Waals surface area contributed by atoms with Gasteiger partial charge in [0, 0.05) is 32.0 Å². The van der Waals surface area contributed by atoms with Crippen molar-refractivity contribution in [3.8, 4) is 10.6 Å². The van der Waals surface area contributed by atoms with Gasteiger partial charge in [-0.05, 0) is 23.9 Å². The van der Waals surface area contributed by atoms with Crippen molar-refractivity contribution in [3.05, 3.63) is 41.0 Å². The van der Waals surface area contributed by atoms with Crippen molar-refractivity contribution in [1.82, 2.24) is 19.5 Å². The Morgan fingerprint density at radius 1 is 1.35 bits per heavy atom. The van der Waals surface area contributed by atoms with E-state index in [4.69, 9.17) is 0 Å². The van der Waals surface area contributed by atoms with Crippen LogP contribution in [0.5, 0.6) is 0 Å². The molecule has 0 radical (unpaired) electrons. The smallest absolute Gasteiger partial charge is 0.342 e. The Morgan fingerprint density at radius 2 is 2.15 bits per heavy atom. The Morgan fingerprint density at radius 3 is 2.77 bits per heavy atom. The topological polar surface area (TPSA) is 50.5 Å². The molecule has 1 saturated heterocycles. The molecule has 0 aromatic carbocycles. The number of hydrogen-bond donors (Lipinski definition) is 0. The van der Waals surface area contributed by atoms with Gasteiger partial charge in [-0.15, -0.1) is 11.3 Å². The molecule has 1 amide bonds. The zero-order chi connectivity index (χ0) is 18.5. The number of hydrogen-bond acceptors (Lipinski definition) is 4. The zero-order valence-electron chi connectivity index (χ0n) is 13.8. The molecule has 5 nitrogen and oxygen atoms in total. The van der Waals surface area contributed by atoms with Gasteiger partial charge < -0.3 is 4.90 Å².